The highest BCUT2D eigenvalue weighted by atomic mass is 32.2. The van der Waals surface area contributed by atoms with Crippen molar-refractivity contribution in [3.05, 3.63) is 71.5 Å². The van der Waals surface area contributed by atoms with E-state index in [1.807, 2.05) is 18.2 Å². The van der Waals surface area contributed by atoms with Crippen LogP contribution in [0.1, 0.15) is 60.9 Å². The third-order valence-electron chi connectivity index (χ3n) is 7.39. The molecule has 1 heterocycles. The van der Waals surface area contributed by atoms with Crippen molar-refractivity contribution in [2.45, 2.75) is 49.8 Å². The second-order valence-electron chi connectivity index (χ2n) is 9.62. The highest BCUT2D eigenvalue weighted by Gasteiger charge is 2.22. The molecule has 5 rings (SSSR count). The number of carbonyl (C=O) groups excluding carboxylic acids is 1. The van der Waals surface area contributed by atoms with Crippen LogP contribution in [0.3, 0.4) is 0 Å². The Bertz CT molecular complexity index is 1430. The molecule has 1 aliphatic carbocycles. The molecule has 0 radical (unpaired) electrons. The number of esters is 1. The molecule has 38 heavy (non-hydrogen) atoms. The lowest BCUT2D eigenvalue weighted by Gasteiger charge is -2.28. The standard InChI is InChI=1S/C30H31FN2O4S/c1-4-18-5-7-19(8-6-18)20-9-11-21(12-10-20)29-32-25-15-22(13-14-27(25)37-29)38-33-26-17-24(31)23(30(34)36-3)16-28(26)35-2/h9-19,33H,4-8H2,1-3H3. The Balaban J connectivity index is 1.29. The van der Waals surface area contributed by atoms with Crippen LogP contribution in [0.4, 0.5) is 10.1 Å². The Labute approximate surface area is 226 Å². The minimum Gasteiger partial charge on any atom is -0.495 e. The Morgan fingerprint density at radius 2 is 1.84 bits per heavy atom. The summed E-state index contributed by atoms with van der Waals surface area (Å²) in [6.45, 7) is 2.29. The highest BCUT2D eigenvalue weighted by molar-refractivity contribution is 8.00. The number of methoxy groups -OCH3 is 2. The van der Waals surface area contributed by atoms with E-state index < -0.39 is 11.8 Å². The lowest BCUT2D eigenvalue weighted by atomic mass is 9.78. The lowest BCUT2D eigenvalue weighted by molar-refractivity contribution is 0.0595. The summed E-state index contributed by atoms with van der Waals surface area (Å²) in [5.74, 6) is 0.979. The maximum atomic E-state index is 14.4. The number of halogens is 1. The van der Waals surface area contributed by atoms with Crippen molar-refractivity contribution in [2.75, 3.05) is 18.9 Å². The van der Waals surface area contributed by atoms with Gasteiger partial charge in [0.15, 0.2) is 5.58 Å². The zero-order chi connectivity index (χ0) is 26.6. The maximum absolute atomic E-state index is 14.4. The van der Waals surface area contributed by atoms with Crippen LogP contribution in [-0.2, 0) is 4.74 Å². The lowest BCUT2D eigenvalue weighted by Crippen LogP contribution is -2.12. The van der Waals surface area contributed by atoms with Crippen LogP contribution >= 0.6 is 11.9 Å². The average Bonchev–Trinajstić information content (AvgIpc) is 3.39. The molecule has 1 saturated carbocycles. The van der Waals surface area contributed by atoms with Gasteiger partial charge in [0.1, 0.15) is 17.1 Å². The third-order valence-corrected chi connectivity index (χ3v) is 8.20. The second-order valence-corrected chi connectivity index (χ2v) is 10.5. The van der Waals surface area contributed by atoms with E-state index in [4.69, 9.17) is 14.1 Å². The van der Waals surface area contributed by atoms with Crippen LogP contribution in [-0.4, -0.2) is 25.2 Å². The molecule has 1 N–H and O–H groups in total. The van der Waals surface area contributed by atoms with Gasteiger partial charge in [0.2, 0.25) is 5.89 Å². The van der Waals surface area contributed by atoms with E-state index in [1.165, 1.54) is 76.0 Å². The minimum atomic E-state index is -0.763. The molecule has 1 aliphatic rings. The van der Waals surface area contributed by atoms with E-state index in [1.54, 1.807) is 0 Å². The number of nitrogens with one attached hydrogen (secondary N) is 1. The van der Waals surface area contributed by atoms with Gasteiger partial charge >= 0.3 is 5.97 Å². The zero-order valence-electron chi connectivity index (χ0n) is 21.8. The van der Waals surface area contributed by atoms with Crippen molar-refractivity contribution < 1.29 is 23.1 Å². The van der Waals surface area contributed by atoms with Crippen molar-refractivity contribution in [1.82, 2.24) is 4.98 Å². The van der Waals surface area contributed by atoms with Crippen molar-refractivity contribution in [1.29, 1.82) is 0 Å². The van der Waals surface area contributed by atoms with Gasteiger partial charge in [0.25, 0.3) is 0 Å². The number of rotatable bonds is 8. The number of nitrogens with zero attached hydrogens (tertiary/aromatic N) is 1. The first-order valence-corrected chi connectivity index (χ1v) is 13.7. The van der Waals surface area contributed by atoms with Gasteiger partial charge in [-0.25, -0.2) is 14.2 Å². The summed E-state index contributed by atoms with van der Waals surface area (Å²) in [6, 6.07) is 16.8. The number of hydrogen-bond acceptors (Lipinski definition) is 7. The van der Waals surface area contributed by atoms with E-state index in [2.05, 4.69) is 40.6 Å². The summed E-state index contributed by atoms with van der Waals surface area (Å²) in [5, 5.41) is 0. The van der Waals surface area contributed by atoms with E-state index in [0.717, 1.165) is 21.9 Å². The van der Waals surface area contributed by atoms with Crippen molar-refractivity contribution in [3.63, 3.8) is 0 Å². The summed E-state index contributed by atoms with van der Waals surface area (Å²) < 4.78 is 33.5. The van der Waals surface area contributed by atoms with E-state index >= 15 is 0 Å². The SMILES string of the molecule is CCC1CCC(c2ccc(-c3nc4cc(SNc5cc(F)c(C(=O)OC)cc5OC)ccc4o3)cc2)CC1. The average molecular weight is 535 g/mol. The maximum Gasteiger partial charge on any atom is 0.340 e. The quantitative estimate of drug-likeness (QED) is 0.180. The first-order chi connectivity index (χ1) is 18.5. The van der Waals surface area contributed by atoms with Gasteiger partial charge in [-0.3, -0.25) is 0 Å². The van der Waals surface area contributed by atoms with E-state index in [9.17, 15) is 9.18 Å². The minimum absolute atomic E-state index is 0.187. The monoisotopic (exact) mass is 534 g/mol. The molecule has 0 unspecified atom stereocenters. The molecule has 1 aromatic heterocycles. The fourth-order valence-corrected chi connectivity index (χ4v) is 5.77. The number of benzene rings is 3. The van der Waals surface area contributed by atoms with Crippen molar-refractivity contribution in [3.8, 4) is 17.2 Å². The first kappa shape index (κ1) is 26.1. The van der Waals surface area contributed by atoms with Crippen LogP contribution in [0.15, 0.2) is 63.9 Å². The molecule has 4 aromatic rings. The number of oxazole rings is 1. The fourth-order valence-electron chi connectivity index (χ4n) is 5.08. The molecular formula is C30H31FN2O4S. The molecule has 0 saturated heterocycles. The van der Waals surface area contributed by atoms with Gasteiger partial charge < -0.3 is 18.6 Å². The number of aromatic nitrogens is 1. The summed E-state index contributed by atoms with van der Waals surface area (Å²) in [5.41, 5.74) is 3.98. The van der Waals surface area contributed by atoms with Crippen LogP contribution in [0.25, 0.3) is 22.6 Å². The third kappa shape index (κ3) is 5.50. The van der Waals surface area contributed by atoms with Crippen LogP contribution in [0.2, 0.25) is 0 Å². The number of carbonyl (C=O) groups is 1. The summed E-state index contributed by atoms with van der Waals surface area (Å²) in [4.78, 5) is 17.3. The summed E-state index contributed by atoms with van der Waals surface area (Å²) in [6.07, 6.45) is 6.47. The number of ether oxygens (including phenoxy) is 2. The molecule has 0 aliphatic heterocycles. The molecule has 8 heteroatoms. The van der Waals surface area contributed by atoms with Gasteiger partial charge in [0.05, 0.1) is 25.5 Å². The molecule has 198 valence electrons. The van der Waals surface area contributed by atoms with E-state index in [0.29, 0.717) is 28.8 Å². The normalized spacial score (nSPS) is 17.4. The smallest absolute Gasteiger partial charge is 0.340 e. The predicted octanol–water partition coefficient (Wildman–Crippen LogP) is 8.23. The Hall–Kier alpha value is -3.52. The molecule has 0 bridgehead atoms. The molecule has 6 nitrogen and oxygen atoms in total. The molecule has 3 aromatic carbocycles. The van der Waals surface area contributed by atoms with Gasteiger partial charge in [-0.1, -0.05) is 25.5 Å². The van der Waals surface area contributed by atoms with Crippen LogP contribution in [0.5, 0.6) is 5.75 Å². The number of anilines is 1. The largest absolute Gasteiger partial charge is 0.495 e. The van der Waals surface area contributed by atoms with Gasteiger partial charge in [-0.15, -0.1) is 0 Å². The van der Waals surface area contributed by atoms with Gasteiger partial charge in [0, 0.05) is 16.5 Å². The molecule has 0 spiro atoms. The van der Waals surface area contributed by atoms with Gasteiger partial charge in [-0.2, -0.15) is 0 Å². The summed E-state index contributed by atoms with van der Waals surface area (Å²) in [7, 11) is 2.66. The van der Waals surface area contributed by atoms with E-state index in [-0.39, 0.29) is 5.56 Å². The fraction of sp³-hybridized carbons (Fsp3) is 0.333. The molecular weight excluding hydrogens is 503 g/mol. The van der Waals surface area contributed by atoms with Crippen molar-refractivity contribution >= 4 is 34.7 Å². The highest BCUT2D eigenvalue weighted by Crippen LogP contribution is 2.38. The topological polar surface area (TPSA) is 73.6 Å². The second kappa shape index (κ2) is 11.5. The van der Waals surface area contributed by atoms with Crippen molar-refractivity contribution in [2.24, 2.45) is 5.92 Å². The number of fused-ring (bicyclic) bond motifs is 1. The molecule has 1 fully saturated rings. The Morgan fingerprint density at radius 1 is 1.08 bits per heavy atom. The predicted molar refractivity (Wildman–Crippen MR) is 148 cm³/mol. The molecule has 0 atom stereocenters. The summed E-state index contributed by atoms with van der Waals surface area (Å²) >= 11 is 1.28. The van der Waals surface area contributed by atoms with Crippen LogP contribution < -0.4 is 9.46 Å². The zero-order valence-corrected chi connectivity index (χ0v) is 22.6. The Kier molecular flexibility index (Phi) is 7.88. The van der Waals surface area contributed by atoms with Gasteiger partial charge in [-0.05, 0) is 91.4 Å². The number of hydrogen-bond donors (Lipinski definition) is 1. The molecule has 0 amide bonds. The first-order valence-electron chi connectivity index (χ1n) is 12.9. The Morgan fingerprint density at radius 3 is 2.53 bits per heavy atom. The van der Waals surface area contributed by atoms with Crippen LogP contribution in [0, 0.1) is 11.7 Å².